The topological polar surface area (TPSA) is 78.9 Å². The zero-order valence-electron chi connectivity index (χ0n) is 12.0. The number of benzene rings is 1. The Bertz CT molecular complexity index is 502. The molecule has 1 aromatic carbocycles. The number of para-hydroxylation sites is 2. The van der Waals surface area contributed by atoms with E-state index in [1.54, 1.807) is 24.3 Å². The fourth-order valence-corrected chi connectivity index (χ4v) is 1.80. The molecule has 0 saturated carbocycles. The average Bonchev–Trinajstić information content (AvgIpc) is 2.40. The number of amides is 1. The number of carbonyl (C=O) groups excluding carboxylic acids is 1. The zero-order chi connectivity index (χ0) is 15.7. The van der Waals surface area contributed by atoms with E-state index in [1.165, 1.54) is 4.90 Å². The second-order valence-electron chi connectivity index (χ2n) is 4.33. The van der Waals surface area contributed by atoms with Crippen molar-refractivity contribution in [1.29, 1.82) is 0 Å². The van der Waals surface area contributed by atoms with Gasteiger partial charge in [-0.15, -0.1) is 6.58 Å². The van der Waals surface area contributed by atoms with E-state index in [9.17, 15) is 9.59 Å². The van der Waals surface area contributed by atoms with Crippen molar-refractivity contribution in [3.05, 3.63) is 36.9 Å². The monoisotopic (exact) mass is 292 g/mol. The normalized spacial score (nSPS) is 10.2. The predicted molar refractivity (Wildman–Crippen MR) is 80.5 cm³/mol. The largest absolute Gasteiger partial charge is 0.492 e. The molecule has 0 aliphatic carbocycles. The highest BCUT2D eigenvalue weighted by Crippen LogP contribution is 2.23. The maximum atomic E-state index is 12.0. The SMILES string of the molecule is C=CCN(CC(=O)O)CC(=O)Nc1ccccc1OCC. The van der Waals surface area contributed by atoms with Crippen molar-refractivity contribution in [2.24, 2.45) is 0 Å². The van der Waals surface area contributed by atoms with Gasteiger partial charge in [0, 0.05) is 6.54 Å². The van der Waals surface area contributed by atoms with E-state index in [2.05, 4.69) is 11.9 Å². The van der Waals surface area contributed by atoms with E-state index in [4.69, 9.17) is 9.84 Å². The van der Waals surface area contributed by atoms with Gasteiger partial charge in [-0.1, -0.05) is 18.2 Å². The quantitative estimate of drug-likeness (QED) is 0.676. The second kappa shape index (κ2) is 8.76. The summed E-state index contributed by atoms with van der Waals surface area (Å²) in [5.41, 5.74) is 0.568. The van der Waals surface area contributed by atoms with Crippen molar-refractivity contribution in [3.8, 4) is 5.75 Å². The average molecular weight is 292 g/mol. The molecule has 0 fully saturated rings. The first-order valence-corrected chi connectivity index (χ1v) is 6.63. The molecule has 1 amide bonds. The molecule has 0 saturated heterocycles. The van der Waals surface area contributed by atoms with Gasteiger partial charge in [0.1, 0.15) is 5.75 Å². The molecule has 6 nitrogen and oxygen atoms in total. The van der Waals surface area contributed by atoms with Gasteiger partial charge in [-0.05, 0) is 19.1 Å². The molecular formula is C15H20N2O4. The van der Waals surface area contributed by atoms with E-state index in [0.29, 0.717) is 24.6 Å². The predicted octanol–water partition coefficient (Wildman–Crippen LogP) is 1.60. The molecule has 114 valence electrons. The molecule has 0 spiro atoms. The molecule has 1 aromatic rings. The number of ether oxygens (including phenoxy) is 1. The fourth-order valence-electron chi connectivity index (χ4n) is 1.80. The molecule has 6 heteroatoms. The van der Waals surface area contributed by atoms with Crippen LogP contribution in [0.3, 0.4) is 0 Å². The van der Waals surface area contributed by atoms with Crippen molar-refractivity contribution < 1.29 is 19.4 Å². The van der Waals surface area contributed by atoms with E-state index in [1.807, 2.05) is 13.0 Å². The third kappa shape index (κ3) is 6.09. The first-order chi connectivity index (χ1) is 10.1. The van der Waals surface area contributed by atoms with Crippen LogP contribution in [0.1, 0.15) is 6.92 Å². The smallest absolute Gasteiger partial charge is 0.317 e. The van der Waals surface area contributed by atoms with Gasteiger partial charge in [0.2, 0.25) is 5.91 Å². The summed E-state index contributed by atoms with van der Waals surface area (Å²) in [6.07, 6.45) is 1.56. The Morgan fingerprint density at radius 1 is 1.38 bits per heavy atom. The molecule has 0 bridgehead atoms. The number of hydrogen-bond acceptors (Lipinski definition) is 4. The van der Waals surface area contributed by atoms with Gasteiger partial charge in [0.15, 0.2) is 0 Å². The summed E-state index contributed by atoms with van der Waals surface area (Å²) in [5.74, 6) is -0.702. The Morgan fingerprint density at radius 2 is 2.10 bits per heavy atom. The van der Waals surface area contributed by atoms with Crippen LogP contribution in [0.15, 0.2) is 36.9 Å². The Kier molecular flexibility index (Phi) is 6.97. The van der Waals surface area contributed by atoms with E-state index < -0.39 is 5.97 Å². The summed E-state index contributed by atoms with van der Waals surface area (Å²) in [6.45, 7) is 5.99. The third-order valence-electron chi connectivity index (χ3n) is 2.57. The Balaban J connectivity index is 2.67. The lowest BCUT2D eigenvalue weighted by Crippen LogP contribution is -2.37. The van der Waals surface area contributed by atoms with Crippen molar-refractivity contribution in [2.45, 2.75) is 6.92 Å². The molecule has 0 radical (unpaired) electrons. The van der Waals surface area contributed by atoms with Crippen molar-refractivity contribution in [2.75, 3.05) is 31.6 Å². The number of rotatable bonds is 9. The summed E-state index contributed by atoms with van der Waals surface area (Å²) in [6, 6.07) is 7.10. The lowest BCUT2D eigenvalue weighted by Gasteiger charge is -2.18. The third-order valence-corrected chi connectivity index (χ3v) is 2.57. The van der Waals surface area contributed by atoms with Crippen LogP contribution >= 0.6 is 0 Å². The molecule has 0 aliphatic heterocycles. The van der Waals surface area contributed by atoms with E-state index in [-0.39, 0.29) is 19.0 Å². The van der Waals surface area contributed by atoms with Crippen molar-refractivity contribution in [1.82, 2.24) is 4.90 Å². The van der Waals surface area contributed by atoms with E-state index in [0.717, 1.165) is 0 Å². The molecule has 0 atom stereocenters. The van der Waals surface area contributed by atoms with Crippen LogP contribution in [-0.4, -0.2) is 48.1 Å². The summed E-state index contributed by atoms with van der Waals surface area (Å²) >= 11 is 0. The highest BCUT2D eigenvalue weighted by molar-refractivity contribution is 5.93. The number of carbonyl (C=O) groups is 2. The van der Waals surface area contributed by atoms with Gasteiger partial charge < -0.3 is 15.2 Å². The van der Waals surface area contributed by atoms with Gasteiger partial charge >= 0.3 is 5.97 Å². The summed E-state index contributed by atoms with van der Waals surface area (Å²) in [5, 5.41) is 11.5. The van der Waals surface area contributed by atoms with Crippen LogP contribution in [0.25, 0.3) is 0 Å². The standard InChI is InChI=1S/C15H20N2O4/c1-3-9-17(11-15(19)20)10-14(18)16-12-7-5-6-8-13(12)21-4-2/h3,5-8H,1,4,9-11H2,2H3,(H,16,18)(H,19,20). The van der Waals surface area contributed by atoms with Crippen LogP contribution in [0.4, 0.5) is 5.69 Å². The number of anilines is 1. The number of nitrogens with one attached hydrogen (secondary N) is 1. The maximum Gasteiger partial charge on any atom is 0.317 e. The maximum absolute atomic E-state index is 12.0. The number of carboxylic acid groups (broad SMARTS) is 1. The second-order valence-corrected chi connectivity index (χ2v) is 4.33. The summed E-state index contributed by atoms with van der Waals surface area (Å²) < 4.78 is 5.42. The van der Waals surface area contributed by atoms with Crippen LogP contribution in [0.2, 0.25) is 0 Å². The minimum absolute atomic E-state index is 0.0290. The molecule has 0 aromatic heterocycles. The fraction of sp³-hybridized carbons (Fsp3) is 0.333. The van der Waals surface area contributed by atoms with Gasteiger partial charge in [-0.2, -0.15) is 0 Å². The van der Waals surface area contributed by atoms with Gasteiger partial charge in [0.05, 0.1) is 25.4 Å². The van der Waals surface area contributed by atoms with Crippen LogP contribution < -0.4 is 10.1 Å². The highest BCUT2D eigenvalue weighted by atomic mass is 16.5. The Hall–Kier alpha value is -2.34. The number of hydrogen-bond donors (Lipinski definition) is 2. The first kappa shape index (κ1) is 16.7. The zero-order valence-corrected chi connectivity index (χ0v) is 12.0. The lowest BCUT2D eigenvalue weighted by molar-refractivity contribution is -0.138. The van der Waals surface area contributed by atoms with Crippen molar-refractivity contribution >= 4 is 17.6 Å². The number of carboxylic acids is 1. The minimum Gasteiger partial charge on any atom is -0.492 e. The van der Waals surface area contributed by atoms with E-state index >= 15 is 0 Å². The van der Waals surface area contributed by atoms with Crippen molar-refractivity contribution in [3.63, 3.8) is 0 Å². The van der Waals surface area contributed by atoms with Crippen LogP contribution in [-0.2, 0) is 9.59 Å². The number of aliphatic carboxylic acids is 1. The Labute approximate surface area is 124 Å². The number of nitrogens with zero attached hydrogens (tertiary/aromatic N) is 1. The highest BCUT2D eigenvalue weighted by Gasteiger charge is 2.14. The Morgan fingerprint density at radius 3 is 2.71 bits per heavy atom. The molecule has 0 aliphatic rings. The van der Waals surface area contributed by atoms with Gasteiger partial charge in [0.25, 0.3) is 0 Å². The molecule has 21 heavy (non-hydrogen) atoms. The molecular weight excluding hydrogens is 272 g/mol. The molecule has 2 N–H and O–H groups in total. The van der Waals surface area contributed by atoms with Gasteiger partial charge in [-0.3, -0.25) is 14.5 Å². The molecule has 1 rings (SSSR count). The summed E-state index contributed by atoms with van der Waals surface area (Å²) in [7, 11) is 0. The van der Waals surface area contributed by atoms with Gasteiger partial charge in [-0.25, -0.2) is 0 Å². The molecule has 0 heterocycles. The minimum atomic E-state index is -0.987. The summed E-state index contributed by atoms with van der Waals surface area (Å²) in [4.78, 5) is 24.2. The molecule has 0 unspecified atom stereocenters. The van der Waals surface area contributed by atoms with Crippen LogP contribution in [0, 0.1) is 0 Å². The first-order valence-electron chi connectivity index (χ1n) is 6.63. The van der Waals surface area contributed by atoms with Crippen LogP contribution in [0.5, 0.6) is 5.75 Å². The lowest BCUT2D eigenvalue weighted by atomic mass is 10.3.